The SMILES string of the molecule is COC(C)(C)C1CC(c2ccccc2)(c2ccccc2)CN1Cc1ccc(C)cc1. The molecule has 0 amide bonds. The van der Waals surface area contributed by atoms with Crippen LogP contribution in [0.15, 0.2) is 84.9 Å². The van der Waals surface area contributed by atoms with Crippen LogP contribution in [0, 0.1) is 6.92 Å². The van der Waals surface area contributed by atoms with Crippen LogP contribution >= 0.6 is 0 Å². The first kappa shape index (κ1) is 20.8. The Kier molecular flexibility index (Phi) is 5.81. The molecule has 1 unspecified atom stereocenters. The normalized spacial score (nSPS) is 19.1. The molecular formula is C28H33NO. The largest absolute Gasteiger partial charge is 0.377 e. The lowest BCUT2D eigenvalue weighted by atomic mass is 9.71. The summed E-state index contributed by atoms with van der Waals surface area (Å²) in [6.45, 7) is 8.51. The zero-order valence-corrected chi connectivity index (χ0v) is 18.6. The molecule has 156 valence electrons. The van der Waals surface area contributed by atoms with E-state index in [9.17, 15) is 0 Å². The van der Waals surface area contributed by atoms with Crippen LogP contribution in [-0.2, 0) is 16.7 Å². The van der Waals surface area contributed by atoms with Crippen LogP contribution < -0.4 is 0 Å². The Labute approximate surface area is 181 Å². The molecule has 2 nitrogen and oxygen atoms in total. The van der Waals surface area contributed by atoms with Gasteiger partial charge in [-0.15, -0.1) is 0 Å². The molecule has 0 aliphatic carbocycles. The molecule has 1 aliphatic rings. The number of nitrogens with zero attached hydrogens (tertiary/aromatic N) is 1. The zero-order chi connectivity index (χ0) is 21.2. The van der Waals surface area contributed by atoms with E-state index in [1.54, 1.807) is 0 Å². The fourth-order valence-corrected chi connectivity index (χ4v) is 5.00. The molecule has 0 N–H and O–H groups in total. The van der Waals surface area contributed by atoms with Crippen molar-refractivity contribution in [2.24, 2.45) is 0 Å². The van der Waals surface area contributed by atoms with Crippen molar-refractivity contribution in [2.45, 2.75) is 50.8 Å². The molecule has 4 rings (SSSR count). The summed E-state index contributed by atoms with van der Waals surface area (Å²) in [5, 5.41) is 0. The van der Waals surface area contributed by atoms with Gasteiger partial charge in [-0.3, -0.25) is 4.90 Å². The highest BCUT2D eigenvalue weighted by molar-refractivity contribution is 5.42. The van der Waals surface area contributed by atoms with E-state index in [4.69, 9.17) is 4.74 Å². The number of aryl methyl sites for hydroxylation is 1. The number of hydrogen-bond donors (Lipinski definition) is 0. The lowest BCUT2D eigenvalue weighted by Crippen LogP contribution is -2.46. The Hall–Kier alpha value is -2.42. The van der Waals surface area contributed by atoms with Crippen LogP contribution in [0.3, 0.4) is 0 Å². The van der Waals surface area contributed by atoms with E-state index in [0.29, 0.717) is 6.04 Å². The lowest BCUT2D eigenvalue weighted by molar-refractivity contribution is -0.0422. The summed E-state index contributed by atoms with van der Waals surface area (Å²) in [5.41, 5.74) is 5.15. The molecule has 2 heteroatoms. The van der Waals surface area contributed by atoms with Crippen molar-refractivity contribution in [3.63, 3.8) is 0 Å². The van der Waals surface area contributed by atoms with Gasteiger partial charge < -0.3 is 4.74 Å². The molecule has 3 aromatic rings. The van der Waals surface area contributed by atoms with Gasteiger partial charge in [-0.1, -0.05) is 90.5 Å². The molecule has 0 radical (unpaired) electrons. The van der Waals surface area contributed by atoms with E-state index in [0.717, 1.165) is 19.5 Å². The minimum atomic E-state index is -0.240. The van der Waals surface area contributed by atoms with Crippen molar-refractivity contribution in [3.05, 3.63) is 107 Å². The number of likely N-dealkylation sites (tertiary alicyclic amines) is 1. The van der Waals surface area contributed by atoms with Crippen LogP contribution in [0.2, 0.25) is 0 Å². The topological polar surface area (TPSA) is 12.5 Å². The second-order valence-corrected chi connectivity index (χ2v) is 9.23. The number of rotatable bonds is 6. The fraction of sp³-hybridized carbons (Fsp3) is 0.357. The zero-order valence-electron chi connectivity index (χ0n) is 18.6. The standard InChI is InChI=1S/C28H33NO/c1-22-15-17-23(18-16-22)20-29-21-28(24-11-7-5-8-12-24,25-13-9-6-10-14-25)19-26(29)27(2,3)30-4/h5-18,26H,19-21H2,1-4H3. The molecule has 3 aromatic carbocycles. The average Bonchev–Trinajstić information content (AvgIpc) is 3.18. The molecule has 0 aromatic heterocycles. The second kappa shape index (κ2) is 8.37. The first-order chi connectivity index (χ1) is 14.4. The third kappa shape index (κ3) is 3.95. The maximum Gasteiger partial charge on any atom is 0.0777 e. The van der Waals surface area contributed by atoms with Crippen LogP contribution in [0.25, 0.3) is 0 Å². The molecule has 30 heavy (non-hydrogen) atoms. The minimum absolute atomic E-state index is 0.0479. The molecule has 1 atom stereocenters. The molecule has 1 fully saturated rings. The summed E-state index contributed by atoms with van der Waals surface area (Å²) in [5.74, 6) is 0. The molecule has 1 aliphatic heterocycles. The third-order valence-corrected chi connectivity index (χ3v) is 6.94. The fourth-order valence-electron chi connectivity index (χ4n) is 5.00. The Morgan fingerprint density at radius 2 is 1.40 bits per heavy atom. The van der Waals surface area contributed by atoms with E-state index in [1.165, 1.54) is 22.3 Å². The lowest BCUT2D eigenvalue weighted by Gasteiger charge is -2.36. The van der Waals surface area contributed by atoms with Gasteiger partial charge in [0, 0.05) is 31.7 Å². The Balaban J connectivity index is 1.79. The Morgan fingerprint density at radius 1 is 0.867 bits per heavy atom. The van der Waals surface area contributed by atoms with E-state index in [-0.39, 0.29) is 11.0 Å². The maximum atomic E-state index is 6.03. The predicted molar refractivity (Wildman–Crippen MR) is 125 cm³/mol. The monoisotopic (exact) mass is 399 g/mol. The van der Waals surface area contributed by atoms with Crippen molar-refractivity contribution >= 4 is 0 Å². The van der Waals surface area contributed by atoms with Crippen molar-refractivity contribution in [1.29, 1.82) is 0 Å². The number of benzene rings is 3. The van der Waals surface area contributed by atoms with Gasteiger partial charge in [0.05, 0.1) is 5.60 Å². The molecule has 0 bridgehead atoms. The van der Waals surface area contributed by atoms with Gasteiger partial charge >= 0.3 is 0 Å². The summed E-state index contributed by atoms with van der Waals surface area (Å²) in [7, 11) is 1.84. The van der Waals surface area contributed by atoms with E-state index in [2.05, 4.69) is 111 Å². The predicted octanol–water partition coefficient (Wildman–Crippen LogP) is 5.98. The van der Waals surface area contributed by atoms with Crippen molar-refractivity contribution in [1.82, 2.24) is 4.90 Å². The van der Waals surface area contributed by atoms with Gasteiger partial charge in [0.1, 0.15) is 0 Å². The first-order valence-electron chi connectivity index (χ1n) is 10.9. The third-order valence-electron chi connectivity index (χ3n) is 6.94. The molecule has 0 spiro atoms. The Morgan fingerprint density at radius 3 is 1.90 bits per heavy atom. The van der Waals surface area contributed by atoms with Gasteiger partial charge in [-0.05, 0) is 43.9 Å². The summed E-state index contributed by atoms with van der Waals surface area (Å²) < 4.78 is 6.03. The van der Waals surface area contributed by atoms with Gasteiger partial charge in [-0.2, -0.15) is 0 Å². The maximum absolute atomic E-state index is 6.03. The number of hydrogen-bond acceptors (Lipinski definition) is 2. The van der Waals surface area contributed by atoms with Crippen LogP contribution in [0.4, 0.5) is 0 Å². The molecule has 1 heterocycles. The van der Waals surface area contributed by atoms with Crippen molar-refractivity contribution in [3.8, 4) is 0 Å². The van der Waals surface area contributed by atoms with E-state index >= 15 is 0 Å². The summed E-state index contributed by atoms with van der Waals surface area (Å²) in [6.07, 6.45) is 1.04. The van der Waals surface area contributed by atoms with Crippen LogP contribution in [0.5, 0.6) is 0 Å². The van der Waals surface area contributed by atoms with Gasteiger partial charge in [-0.25, -0.2) is 0 Å². The van der Waals surface area contributed by atoms with Crippen LogP contribution in [-0.4, -0.2) is 30.2 Å². The highest BCUT2D eigenvalue weighted by Gasteiger charge is 2.51. The summed E-state index contributed by atoms with van der Waals surface area (Å²) in [6, 6.07) is 31.3. The highest BCUT2D eigenvalue weighted by Crippen LogP contribution is 2.47. The Bertz CT molecular complexity index is 907. The molecule has 1 saturated heterocycles. The number of ether oxygens (including phenoxy) is 1. The average molecular weight is 400 g/mol. The highest BCUT2D eigenvalue weighted by atomic mass is 16.5. The smallest absolute Gasteiger partial charge is 0.0777 e. The van der Waals surface area contributed by atoms with Gasteiger partial charge in [0.2, 0.25) is 0 Å². The van der Waals surface area contributed by atoms with Crippen LogP contribution in [0.1, 0.15) is 42.5 Å². The molecule has 0 saturated carbocycles. The van der Waals surface area contributed by atoms with Gasteiger partial charge in [0.15, 0.2) is 0 Å². The van der Waals surface area contributed by atoms with Crippen molar-refractivity contribution in [2.75, 3.05) is 13.7 Å². The summed E-state index contributed by atoms with van der Waals surface area (Å²) in [4.78, 5) is 2.63. The van der Waals surface area contributed by atoms with Gasteiger partial charge in [0.25, 0.3) is 0 Å². The second-order valence-electron chi connectivity index (χ2n) is 9.23. The molecular weight excluding hydrogens is 366 g/mol. The summed E-state index contributed by atoms with van der Waals surface area (Å²) >= 11 is 0. The number of methoxy groups -OCH3 is 1. The quantitative estimate of drug-likeness (QED) is 0.505. The minimum Gasteiger partial charge on any atom is -0.377 e. The first-order valence-corrected chi connectivity index (χ1v) is 10.9. The van der Waals surface area contributed by atoms with E-state index in [1.807, 2.05) is 7.11 Å². The van der Waals surface area contributed by atoms with Crippen molar-refractivity contribution < 1.29 is 4.74 Å². The van der Waals surface area contributed by atoms with E-state index < -0.39 is 0 Å².